The van der Waals surface area contributed by atoms with Gasteiger partial charge in [-0.05, 0) is 31.0 Å². The molecule has 1 N–H and O–H groups in total. The van der Waals surface area contributed by atoms with Crippen molar-refractivity contribution in [3.63, 3.8) is 0 Å². The second kappa shape index (κ2) is 9.13. The Morgan fingerprint density at radius 2 is 2.11 bits per heavy atom. The zero-order valence-corrected chi connectivity index (χ0v) is 12.7. The lowest BCUT2D eigenvalue weighted by molar-refractivity contribution is -0.133. The largest absolute Gasteiger partial charge is 0.337 e. The van der Waals surface area contributed by atoms with Crippen molar-refractivity contribution in [2.45, 2.75) is 25.8 Å². The summed E-state index contributed by atoms with van der Waals surface area (Å²) >= 11 is 0. The first-order chi connectivity index (χ1) is 8.27. The van der Waals surface area contributed by atoms with E-state index in [1.54, 1.807) is 12.4 Å². The van der Waals surface area contributed by atoms with Gasteiger partial charge in [-0.15, -0.1) is 24.8 Å². The summed E-state index contributed by atoms with van der Waals surface area (Å²) in [6.45, 7) is 4.74. The Labute approximate surface area is 126 Å². The maximum Gasteiger partial charge on any atom is 0.223 e. The lowest BCUT2D eigenvalue weighted by atomic mass is 10.1. The van der Waals surface area contributed by atoms with Crippen LogP contribution < -0.4 is 5.32 Å². The number of piperazine rings is 1. The highest BCUT2D eigenvalue weighted by Gasteiger charge is 2.22. The number of rotatable bonds is 3. The number of nitrogens with one attached hydrogen (secondary N) is 1. The number of nitrogens with zero attached hydrogens (tertiary/aromatic N) is 2. The van der Waals surface area contributed by atoms with E-state index in [0.29, 0.717) is 12.5 Å². The van der Waals surface area contributed by atoms with Crippen LogP contribution >= 0.6 is 24.8 Å². The van der Waals surface area contributed by atoms with Gasteiger partial charge in [0.15, 0.2) is 0 Å². The van der Waals surface area contributed by atoms with Crippen LogP contribution in [-0.4, -0.2) is 41.5 Å². The van der Waals surface area contributed by atoms with Crippen LogP contribution in [0.3, 0.4) is 0 Å². The molecule has 2 rings (SSSR count). The summed E-state index contributed by atoms with van der Waals surface area (Å²) in [4.78, 5) is 18.0. The Morgan fingerprint density at radius 3 is 2.74 bits per heavy atom. The fraction of sp³-hybridized carbons (Fsp3) is 0.538. The number of pyridine rings is 1. The molecular weight excluding hydrogens is 285 g/mol. The molecule has 1 aromatic heterocycles. The van der Waals surface area contributed by atoms with Crippen LogP contribution in [0, 0.1) is 0 Å². The molecule has 0 bridgehead atoms. The molecule has 19 heavy (non-hydrogen) atoms. The number of amides is 1. The smallest absolute Gasteiger partial charge is 0.223 e. The van der Waals surface area contributed by atoms with Crippen LogP contribution in [0.25, 0.3) is 0 Å². The molecule has 0 radical (unpaired) electrons. The fourth-order valence-corrected chi connectivity index (χ4v) is 2.16. The topological polar surface area (TPSA) is 45.2 Å². The molecule has 0 unspecified atom stereocenters. The Kier molecular flexibility index (Phi) is 8.72. The Morgan fingerprint density at radius 1 is 1.42 bits per heavy atom. The molecule has 2 heterocycles. The van der Waals surface area contributed by atoms with E-state index in [4.69, 9.17) is 0 Å². The molecular formula is C13H21Cl2N3O. The SMILES string of the molecule is C[C@H]1CNCCN1C(=O)CCc1ccncc1.Cl.Cl. The Hall–Kier alpha value is -0.840. The van der Waals surface area contributed by atoms with Gasteiger partial charge in [0.25, 0.3) is 0 Å². The molecule has 1 saturated heterocycles. The van der Waals surface area contributed by atoms with Crippen molar-refractivity contribution in [3.8, 4) is 0 Å². The maximum absolute atomic E-state index is 12.1. The zero-order chi connectivity index (χ0) is 12.1. The Bertz CT molecular complexity index is 375. The van der Waals surface area contributed by atoms with E-state index in [9.17, 15) is 4.79 Å². The lowest BCUT2D eigenvalue weighted by Crippen LogP contribution is -2.52. The van der Waals surface area contributed by atoms with Crippen molar-refractivity contribution in [1.29, 1.82) is 0 Å². The van der Waals surface area contributed by atoms with Crippen LogP contribution in [0.1, 0.15) is 18.9 Å². The van der Waals surface area contributed by atoms with Crippen molar-refractivity contribution >= 4 is 30.7 Å². The van der Waals surface area contributed by atoms with E-state index < -0.39 is 0 Å². The maximum atomic E-state index is 12.1. The molecule has 1 fully saturated rings. The van der Waals surface area contributed by atoms with Gasteiger partial charge in [-0.2, -0.15) is 0 Å². The molecule has 1 amide bonds. The summed E-state index contributed by atoms with van der Waals surface area (Å²) in [5.41, 5.74) is 1.18. The van der Waals surface area contributed by atoms with Crippen LogP contribution in [0.2, 0.25) is 0 Å². The molecule has 0 saturated carbocycles. The predicted molar refractivity (Wildman–Crippen MR) is 81.1 cm³/mol. The van der Waals surface area contributed by atoms with Gasteiger partial charge in [-0.1, -0.05) is 0 Å². The van der Waals surface area contributed by atoms with Crippen LogP contribution in [-0.2, 0) is 11.2 Å². The minimum absolute atomic E-state index is 0. The van der Waals surface area contributed by atoms with Crippen LogP contribution in [0.5, 0.6) is 0 Å². The van der Waals surface area contributed by atoms with Crippen LogP contribution in [0.15, 0.2) is 24.5 Å². The molecule has 1 aliphatic rings. The summed E-state index contributed by atoms with van der Waals surface area (Å²) in [5.74, 6) is 0.260. The van der Waals surface area contributed by atoms with Gasteiger partial charge in [0.1, 0.15) is 0 Å². The first kappa shape index (κ1) is 18.2. The normalized spacial score (nSPS) is 18.2. The van der Waals surface area contributed by atoms with Gasteiger partial charge >= 0.3 is 0 Å². The van der Waals surface area contributed by atoms with E-state index >= 15 is 0 Å². The van der Waals surface area contributed by atoms with E-state index in [0.717, 1.165) is 26.1 Å². The monoisotopic (exact) mass is 305 g/mol. The second-order valence-electron chi connectivity index (χ2n) is 4.50. The van der Waals surface area contributed by atoms with Gasteiger partial charge in [0.05, 0.1) is 0 Å². The van der Waals surface area contributed by atoms with Gasteiger partial charge in [-0.3, -0.25) is 9.78 Å². The average Bonchev–Trinajstić information content (AvgIpc) is 2.38. The fourth-order valence-electron chi connectivity index (χ4n) is 2.16. The minimum atomic E-state index is 0. The number of aryl methyl sites for hydroxylation is 1. The number of carbonyl (C=O) groups excluding carboxylic acids is 1. The zero-order valence-electron chi connectivity index (χ0n) is 11.0. The number of halogens is 2. The van der Waals surface area contributed by atoms with Crippen molar-refractivity contribution in [2.75, 3.05) is 19.6 Å². The summed E-state index contributed by atoms with van der Waals surface area (Å²) in [5, 5.41) is 3.29. The number of hydrogen-bond donors (Lipinski definition) is 1. The van der Waals surface area contributed by atoms with E-state index in [1.807, 2.05) is 17.0 Å². The molecule has 0 aliphatic carbocycles. The van der Waals surface area contributed by atoms with E-state index in [-0.39, 0.29) is 30.7 Å². The standard InChI is InChI=1S/C13H19N3O.2ClH/c1-11-10-15-8-9-16(11)13(17)3-2-12-4-6-14-7-5-12;;/h4-7,11,15H,2-3,8-10H2,1H3;2*1H/t11-;;/m0../s1. The average molecular weight is 306 g/mol. The van der Waals surface area contributed by atoms with Crippen molar-refractivity contribution < 1.29 is 4.79 Å². The van der Waals surface area contributed by atoms with Crippen molar-refractivity contribution in [1.82, 2.24) is 15.2 Å². The third kappa shape index (κ3) is 5.35. The highest BCUT2D eigenvalue weighted by molar-refractivity contribution is 5.85. The summed E-state index contributed by atoms with van der Waals surface area (Å²) < 4.78 is 0. The molecule has 108 valence electrons. The number of carbonyl (C=O) groups is 1. The molecule has 6 heteroatoms. The molecule has 4 nitrogen and oxygen atoms in total. The summed E-state index contributed by atoms with van der Waals surface area (Å²) in [6.07, 6.45) is 4.94. The first-order valence-electron chi connectivity index (χ1n) is 6.16. The second-order valence-corrected chi connectivity index (χ2v) is 4.50. The molecule has 0 spiro atoms. The van der Waals surface area contributed by atoms with Gasteiger partial charge in [0, 0.05) is 44.5 Å². The number of aromatic nitrogens is 1. The quantitative estimate of drug-likeness (QED) is 0.924. The highest BCUT2D eigenvalue weighted by atomic mass is 35.5. The summed E-state index contributed by atoms with van der Waals surface area (Å²) in [6, 6.07) is 4.25. The van der Waals surface area contributed by atoms with E-state index in [2.05, 4.69) is 17.2 Å². The lowest BCUT2D eigenvalue weighted by Gasteiger charge is -2.34. The Balaban J connectivity index is 0.00000162. The van der Waals surface area contributed by atoms with Crippen LogP contribution in [0.4, 0.5) is 0 Å². The molecule has 1 aliphatic heterocycles. The van der Waals surface area contributed by atoms with Gasteiger partial charge in [-0.25, -0.2) is 0 Å². The molecule has 1 aromatic rings. The predicted octanol–water partition coefficient (Wildman–Crippen LogP) is 1.68. The number of hydrogen-bond acceptors (Lipinski definition) is 3. The molecule has 0 aromatic carbocycles. The first-order valence-corrected chi connectivity index (χ1v) is 6.16. The highest BCUT2D eigenvalue weighted by Crippen LogP contribution is 2.08. The third-order valence-corrected chi connectivity index (χ3v) is 3.20. The molecule has 1 atom stereocenters. The van der Waals surface area contributed by atoms with Gasteiger partial charge < -0.3 is 10.2 Å². The van der Waals surface area contributed by atoms with Crippen molar-refractivity contribution in [2.24, 2.45) is 0 Å². The summed E-state index contributed by atoms with van der Waals surface area (Å²) in [7, 11) is 0. The minimum Gasteiger partial charge on any atom is -0.337 e. The van der Waals surface area contributed by atoms with E-state index in [1.165, 1.54) is 5.56 Å². The third-order valence-electron chi connectivity index (χ3n) is 3.20. The van der Waals surface area contributed by atoms with Gasteiger partial charge in [0.2, 0.25) is 5.91 Å². The van der Waals surface area contributed by atoms with Crippen molar-refractivity contribution in [3.05, 3.63) is 30.1 Å².